The van der Waals surface area contributed by atoms with Gasteiger partial charge in [-0.2, -0.15) is 4.98 Å². The molecule has 0 aliphatic carbocycles. The highest BCUT2D eigenvalue weighted by Crippen LogP contribution is 2.26. The maximum absolute atomic E-state index is 5.35. The third-order valence-electron chi connectivity index (χ3n) is 3.57. The zero-order valence-corrected chi connectivity index (χ0v) is 11.2. The second-order valence-electron chi connectivity index (χ2n) is 4.93. The SMILES string of the molecule is c1cc(-n2cnnc2)ccc1-c1nc([C@H]2CCOC2)no1. The molecule has 1 aromatic carbocycles. The van der Waals surface area contributed by atoms with Crippen molar-refractivity contribution in [2.45, 2.75) is 12.3 Å². The largest absolute Gasteiger partial charge is 0.381 e. The Hall–Kier alpha value is -2.54. The van der Waals surface area contributed by atoms with E-state index in [2.05, 4.69) is 20.3 Å². The first-order chi connectivity index (χ1) is 10.4. The van der Waals surface area contributed by atoms with E-state index in [0.29, 0.717) is 12.5 Å². The Morgan fingerprint density at radius 1 is 1.10 bits per heavy atom. The van der Waals surface area contributed by atoms with Crippen molar-refractivity contribution in [2.75, 3.05) is 13.2 Å². The molecule has 0 saturated carbocycles. The quantitative estimate of drug-likeness (QED) is 0.729. The lowest BCUT2D eigenvalue weighted by atomic mass is 10.1. The Bertz CT molecular complexity index is 714. The highest BCUT2D eigenvalue weighted by atomic mass is 16.5. The summed E-state index contributed by atoms with van der Waals surface area (Å²) in [7, 11) is 0. The minimum absolute atomic E-state index is 0.249. The molecular weight excluding hydrogens is 270 g/mol. The molecule has 0 N–H and O–H groups in total. The van der Waals surface area contributed by atoms with Crippen molar-refractivity contribution in [3.05, 3.63) is 42.7 Å². The van der Waals surface area contributed by atoms with E-state index >= 15 is 0 Å². The van der Waals surface area contributed by atoms with E-state index in [4.69, 9.17) is 9.26 Å². The van der Waals surface area contributed by atoms with Crippen molar-refractivity contribution >= 4 is 0 Å². The van der Waals surface area contributed by atoms with E-state index in [9.17, 15) is 0 Å². The lowest BCUT2D eigenvalue weighted by molar-refractivity contribution is 0.192. The predicted molar refractivity (Wildman–Crippen MR) is 72.8 cm³/mol. The molecule has 1 aliphatic heterocycles. The van der Waals surface area contributed by atoms with Gasteiger partial charge < -0.3 is 9.26 Å². The van der Waals surface area contributed by atoms with Crippen LogP contribution in [0.2, 0.25) is 0 Å². The standard InChI is InChI=1S/C14H13N5O2/c1-3-12(19-8-15-16-9-19)4-2-10(1)14-17-13(18-21-14)11-5-6-20-7-11/h1-4,8-9,11H,5-7H2/t11-/m0/s1. The molecule has 0 amide bonds. The maximum Gasteiger partial charge on any atom is 0.257 e. The molecule has 4 rings (SSSR count). The van der Waals surface area contributed by atoms with Gasteiger partial charge in [0.15, 0.2) is 5.82 Å². The Morgan fingerprint density at radius 3 is 2.62 bits per heavy atom. The topological polar surface area (TPSA) is 78.9 Å². The third kappa shape index (κ3) is 2.31. The molecule has 0 radical (unpaired) electrons. The van der Waals surface area contributed by atoms with Crippen LogP contribution in [0, 0.1) is 0 Å². The monoisotopic (exact) mass is 283 g/mol. The second kappa shape index (κ2) is 5.10. The van der Waals surface area contributed by atoms with Crippen molar-refractivity contribution in [2.24, 2.45) is 0 Å². The molecule has 21 heavy (non-hydrogen) atoms. The number of benzene rings is 1. The molecule has 0 bridgehead atoms. The van der Waals surface area contributed by atoms with E-state index in [0.717, 1.165) is 30.1 Å². The maximum atomic E-state index is 5.35. The van der Waals surface area contributed by atoms with Crippen LogP contribution in [0.15, 0.2) is 41.4 Å². The fourth-order valence-electron chi connectivity index (χ4n) is 2.37. The molecule has 106 valence electrons. The van der Waals surface area contributed by atoms with Gasteiger partial charge in [-0.15, -0.1) is 10.2 Å². The summed E-state index contributed by atoms with van der Waals surface area (Å²) < 4.78 is 12.5. The van der Waals surface area contributed by atoms with E-state index in [1.54, 1.807) is 12.7 Å². The lowest BCUT2D eigenvalue weighted by Gasteiger charge is -2.01. The van der Waals surface area contributed by atoms with E-state index in [1.165, 1.54) is 0 Å². The lowest BCUT2D eigenvalue weighted by Crippen LogP contribution is -1.99. The van der Waals surface area contributed by atoms with Gasteiger partial charge in [0.05, 0.1) is 6.61 Å². The van der Waals surface area contributed by atoms with Crippen molar-refractivity contribution < 1.29 is 9.26 Å². The summed E-state index contributed by atoms with van der Waals surface area (Å²) in [6, 6.07) is 7.80. The van der Waals surface area contributed by atoms with Gasteiger partial charge in [-0.1, -0.05) is 5.16 Å². The fourth-order valence-corrected chi connectivity index (χ4v) is 2.37. The zero-order chi connectivity index (χ0) is 14.1. The van der Waals surface area contributed by atoms with E-state index < -0.39 is 0 Å². The molecule has 3 aromatic rings. The van der Waals surface area contributed by atoms with Crippen molar-refractivity contribution in [1.82, 2.24) is 24.9 Å². The summed E-state index contributed by atoms with van der Waals surface area (Å²) in [6.07, 6.45) is 4.26. The molecular formula is C14H13N5O2. The van der Waals surface area contributed by atoms with Gasteiger partial charge in [0, 0.05) is 23.8 Å². The van der Waals surface area contributed by atoms with Crippen LogP contribution in [-0.2, 0) is 4.74 Å². The molecule has 0 spiro atoms. The molecule has 1 fully saturated rings. The van der Waals surface area contributed by atoms with Crippen LogP contribution < -0.4 is 0 Å². The van der Waals surface area contributed by atoms with E-state index in [1.807, 2.05) is 28.8 Å². The summed E-state index contributed by atoms with van der Waals surface area (Å²) in [5.74, 6) is 1.51. The van der Waals surface area contributed by atoms with Crippen LogP contribution in [0.3, 0.4) is 0 Å². The first-order valence-corrected chi connectivity index (χ1v) is 6.77. The predicted octanol–water partition coefficient (Wildman–Crippen LogP) is 1.82. The Labute approximate surface area is 120 Å². The molecule has 7 heteroatoms. The summed E-state index contributed by atoms with van der Waals surface area (Å²) in [6.45, 7) is 1.44. The Kier molecular flexibility index (Phi) is 2.97. The van der Waals surface area contributed by atoms with Crippen LogP contribution in [0.1, 0.15) is 18.2 Å². The van der Waals surface area contributed by atoms with Gasteiger partial charge in [0.25, 0.3) is 5.89 Å². The van der Waals surface area contributed by atoms with Crippen LogP contribution in [0.4, 0.5) is 0 Å². The average Bonchev–Trinajstić information content (AvgIpc) is 3.27. The molecule has 2 aromatic heterocycles. The van der Waals surface area contributed by atoms with Crippen LogP contribution in [0.25, 0.3) is 17.1 Å². The summed E-state index contributed by atoms with van der Waals surface area (Å²) in [5.41, 5.74) is 1.87. The van der Waals surface area contributed by atoms with Gasteiger partial charge in [-0.3, -0.25) is 4.57 Å². The minimum Gasteiger partial charge on any atom is -0.381 e. The van der Waals surface area contributed by atoms with Crippen molar-refractivity contribution in [1.29, 1.82) is 0 Å². The average molecular weight is 283 g/mol. The fraction of sp³-hybridized carbons (Fsp3) is 0.286. The number of hydrogen-bond acceptors (Lipinski definition) is 6. The molecule has 0 unspecified atom stereocenters. The van der Waals surface area contributed by atoms with Crippen LogP contribution >= 0.6 is 0 Å². The third-order valence-corrected chi connectivity index (χ3v) is 3.57. The summed E-state index contributed by atoms with van der Waals surface area (Å²) in [5, 5.41) is 11.6. The van der Waals surface area contributed by atoms with Crippen LogP contribution in [-0.4, -0.2) is 38.1 Å². The Balaban J connectivity index is 1.58. The minimum atomic E-state index is 0.249. The zero-order valence-electron chi connectivity index (χ0n) is 11.2. The molecule has 1 saturated heterocycles. The summed E-state index contributed by atoms with van der Waals surface area (Å²) >= 11 is 0. The molecule has 1 aliphatic rings. The van der Waals surface area contributed by atoms with Crippen molar-refractivity contribution in [3.8, 4) is 17.1 Å². The highest BCUT2D eigenvalue weighted by Gasteiger charge is 2.23. The van der Waals surface area contributed by atoms with Gasteiger partial charge in [0.2, 0.25) is 0 Å². The molecule has 1 atom stereocenters. The number of ether oxygens (including phenoxy) is 1. The number of rotatable bonds is 3. The number of hydrogen-bond donors (Lipinski definition) is 0. The molecule has 7 nitrogen and oxygen atoms in total. The first-order valence-electron chi connectivity index (χ1n) is 6.77. The van der Waals surface area contributed by atoms with E-state index in [-0.39, 0.29) is 5.92 Å². The second-order valence-corrected chi connectivity index (χ2v) is 4.93. The number of aromatic nitrogens is 5. The van der Waals surface area contributed by atoms with Crippen LogP contribution in [0.5, 0.6) is 0 Å². The normalized spacial score (nSPS) is 18.2. The van der Waals surface area contributed by atoms with Crippen molar-refractivity contribution in [3.63, 3.8) is 0 Å². The highest BCUT2D eigenvalue weighted by molar-refractivity contribution is 5.55. The summed E-state index contributed by atoms with van der Waals surface area (Å²) in [4.78, 5) is 4.47. The Morgan fingerprint density at radius 2 is 1.90 bits per heavy atom. The van der Waals surface area contributed by atoms with Gasteiger partial charge >= 0.3 is 0 Å². The van der Waals surface area contributed by atoms with Gasteiger partial charge in [0.1, 0.15) is 12.7 Å². The van der Waals surface area contributed by atoms with Gasteiger partial charge in [-0.25, -0.2) is 0 Å². The first kappa shape index (κ1) is 12.2. The molecule has 3 heterocycles. The van der Waals surface area contributed by atoms with Gasteiger partial charge in [-0.05, 0) is 30.7 Å². The number of nitrogens with zero attached hydrogens (tertiary/aromatic N) is 5. The smallest absolute Gasteiger partial charge is 0.257 e.